The minimum absolute atomic E-state index is 0.0367. The van der Waals surface area contributed by atoms with Gasteiger partial charge in [0.2, 0.25) is 5.91 Å². The van der Waals surface area contributed by atoms with Crippen molar-refractivity contribution in [3.63, 3.8) is 0 Å². The Labute approximate surface area is 132 Å². The maximum atomic E-state index is 12.8. The number of thiazole rings is 1. The van der Waals surface area contributed by atoms with Gasteiger partial charge in [-0.15, -0.1) is 11.3 Å². The van der Waals surface area contributed by atoms with Crippen LogP contribution in [-0.2, 0) is 23.9 Å². The van der Waals surface area contributed by atoms with Gasteiger partial charge in [0.25, 0.3) is 0 Å². The second-order valence-electron chi connectivity index (χ2n) is 4.54. The van der Waals surface area contributed by atoms with Crippen LogP contribution in [0.1, 0.15) is 26.6 Å². The number of nitrogens with zero attached hydrogens (tertiary/aromatic N) is 1. The van der Waals surface area contributed by atoms with Gasteiger partial charge in [-0.2, -0.15) is 13.2 Å². The third-order valence-corrected chi connectivity index (χ3v) is 3.73. The fourth-order valence-electron chi connectivity index (χ4n) is 1.85. The van der Waals surface area contributed by atoms with Gasteiger partial charge < -0.3 is 10.4 Å². The molecule has 1 heterocycles. The molecule has 0 bridgehead atoms. The Balaban J connectivity index is 1.99. The zero-order chi connectivity index (χ0) is 17.0. The van der Waals surface area contributed by atoms with Gasteiger partial charge in [-0.3, -0.25) is 4.79 Å². The van der Waals surface area contributed by atoms with Gasteiger partial charge in [0.05, 0.1) is 18.5 Å². The summed E-state index contributed by atoms with van der Waals surface area (Å²) in [5.74, 6) is -1.79. The zero-order valence-corrected chi connectivity index (χ0v) is 12.4. The molecule has 1 aromatic carbocycles. The van der Waals surface area contributed by atoms with Crippen molar-refractivity contribution in [2.75, 3.05) is 0 Å². The summed E-state index contributed by atoms with van der Waals surface area (Å²) in [4.78, 5) is 26.2. The molecule has 0 unspecified atom stereocenters. The highest BCUT2D eigenvalue weighted by atomic mass is 32.1. The molecule has 2 N–H and O–H groups in total. The Hall–Kier alpha value is -2.42. The van der Waals surface area contributed by atoms with Crippen molar-refractivity contribution in [1.29, 1.82) is 0 Å². The quantitative estimate of drug-likeness (QED) is 0.874. The predicted molar refractivity (Wildman–Crippen MR) is 76.1 cm³/mol. The van der Waals surface area contributed by atoms with Gasteiger partial charge in [-0.25, -0.2) is 9.78 Å². The van der Waals surface area contributed by atoms with Crippen LogP contribution in [-0.4, -0.2) is 22.0 Å². The molecular weight excluding hydrogens is 333 g/mol. The maximum Gasteiger partial charge on any atom is 0.416 e. The number of alkyl halides is 3. The van der Waals surface area contributed by atoms with Crippen molar-refractivity contribution in [1.82, 2.24) is 10.3 Å². The van der Waals surface area contributed by atoms with E-state index in [0.29, 0.717) is 5.01 Å². The van der Waals surface area contributed by atoms with Crippen molar-refractivity contribution in [2.45, 2.75) is 19.1 Å². The zero-order valence-electron chi connectivity index (χ0n) is 11.6. The highest BCUT2D eigenvalue weighted by Crippen LogP contribution is 2.31. The molecule has 0 spiro atoms. The first-order valence-electron chi connectivity index (χ1n) is 6.37. The van der Waals surface area contributed by atoms with Crippen LogP contribution in [0.2, 0.25) is 0 Å². The van der Waals surface area contributed by atoms with E-state index in [0.717, 1.165) is 17.4 Å². The summed E-state index contributed by atoms with van der Waals surface area (Å²) < 4.78 is 38.5. The average Bonchev–Trinajstić information content (AvgIpc) is 2.94. The summed E-state index contributed by atoms with van der Waals surface area (Å²) in [5, 5.41) is 12.8. The van der Waals surface area contributed by atoms with Crippen LogP contribution >= 0.6 is 11.3 Å². The van der Waals surface area contributed by atoms with E-state index in [2.05, 4.69) is 10.3 Å². The van der Waals surface area contributed by atoms with Gasteiger partial charge in [0, 0.05) is 5.38 Å². The summed E-state index contributed by atoms with van der Waals surface area (Å²) in [7, 11) is 0. The van der Waals surface area contributed by atoms with Gasteiger partial charge in [0.1, 0.15) is 5.01 Å². The number of carboxylic acids is 1. The standard InChI is InChI=1S/C14H11F3N2O3S/c15-14(16,17)9-4-2-1-3-8(9)5-11(20)18-6-12-19-10(7-23-12)13(21)22/h1-4,7H,5-6H2,(H,18,20)(H,21,22). The van der Waals surface area contributed by atoms with E-state index in [1.807, 2.05) is 0 Å². The number of carbonyl (C=O) groups is 2. The number of benzene rings is 1. The topological polar surface area (TPSA) is 79.3 Å². The molecule has 1 amide bonds. The molecule has 0 atom stereocenters. The molecule has 2 aromatic rings. The summed E-state index contributed by atoms with van der Waals surface area (Å²) in [5.41, 5.74) is -1.11. The second kappa shape index (κ2) is 6.78. The summed E-state index contributed by atoms with van der Waals surface area (Å²) in [6, 6.07) is 4.85. The van der Waals surface area contributed by atoms with Crippen LogP contribution in [0.3, 0.4) is 0 Å². The van der Waals surface area contributed by atoms with Crippen molar-refractivity contribution in [3.8, 4) is 0 Å². The third kappa shape index (κ3) is 4.52. The van der Waals surface area contributed by atoms with Crippen LogP contribution in [0, 0.1) is 0 Å². The SMILES string of the molecule is O=C(Cc1ccccc1C(F)(F)F)NCc1nc(C(=O)O)cs1. The van der Waals surface area contributed by atoms with E-state index in [4.69, 9.17) is 5.11 Å². The van der Waals surface area contributed by atoms with E-state index in [1.54, 1.807) is 0 Å². The van der Waals surface area contributed by atoms with E-state index in [1.165, 1.54) is 23.6 Å². The summed E-state index contributed by atoms with van der Waals surface area (Å²) in [6.07, 6.45) is -4.95. The Morgan fingerprint density at radius 1 is 1.26 bits per heavy atom. The van der Waals surface area contributed by atoms with E-state index in [9.17, 15) is 22.8 Å². The lowest BCUT2D eigenvalue weighted by atomic mass is 10.0. The van der Waals surface area contributed by atoms with Crippen molar-refractivity contribution in [3.05, 3.63) is 51.5 Å². The molecule has 122 valence electrons. The molecule has 9 heteroatoms. The minimum atomic E-state index is -4.53. The van der Waals surface area contributed by atoms with Crippen LogP contribution < -0.4 is 5.32 Å². The highest BCUT2D eigenvalue weighted by Gasteiger charge is 2.33. The number of aromatic carboxylic acids is 1. The predicted octanol–water partition coefficient (Wildman–Crippen LogP) is 2.72. The smallest absolute Gasteiger partial charge is 0.416 e. The number of hydrogen-bond acceptors (Lipinski definition) is 4. The monoisotopic (exact) mass is 344 g/mol. The van der Waals surface area contributed by atoms with Gasteiger partial charge in [-0.1, -0.05) is 18.2 Å². The number of carbonyl (C=O) groups excluding carboxylic acids is 1. The second-order valence-corrected chi connectivity index (χ2v) is 5.48. The number of aromatic nitrogens is 1. The average molecular weight is 344 g/mol. The van der Waals surface area contributed by atoms with Crippen LogP contribution in [0.25, 0.3) is 0 Å². The number of nitrogens with one attached hydrogen (secondary N) is 1. The van der Waals surface area contributed by atoms with E-state index >= 15 is 0 Å². The van der Waals surface area contributed by atoms with Crippen molar-refractivity contribution >= 4 is 23.2 Å². The van der Waals surface area contributed by atoms with Crippen molar-refractivity contribution in [2.24, 2.45) is 0 Å². The lowest BCUT2D eigenvalue weighted by Crippen LogP contribution is -2.25. The maximum absolute atomic E-state index is 12.8. The van der Waals surface area contributed by atoms with E-state index in [-0.39, 0.29) is 17.8 Å². The number of carboxylic acid groups (broad SMARTS) is 1. The first-order chi connectivity index (χ1) is 10.8. The normalized spacial score (nSPS) is 11.3. The van der Waals surface area contributed by atoms with Gasteiger partial charge in [0.15, 0.2) is 5.69 Å². The molecule has 1 aromatic heterocycles. The number of halogens is 3. The number of rotatable bonds is 5. The molecule has 23 heavy (non-hydrogen) atoms. The Bertz CT molecular complexity index is 728. The molecule has 0 aliphatic rings. The fraction of sp³-hybridized carbons (Fsp3) is 0.214. The first-order valence-corrected chi connectivity index (χ1v) is 7.25. The molecule has 2 rings (SSSR count). The molecule has 0 radical (unpaired) electrons. The minimum Gasteiger partial charge on any atom is -0.476 e. The van der Waals surface area contributed by atoms with Crippen LogP contribution in [0.4, 0.5) is 13.2 Å². The van der Waals surface area contributed by atoms with E-state index < -0.39 is 30.0 Å². The van der Waals surface area contributed by atoms with Crippen LogP contribution in [0.5, 0.6) is 0 Å². The molecule has 0 aliphatic heterocycles. The van der Waals surface area contributed by atoms with Crippen molar-refractivity contribution < 1.29 is 27.9 Å². The number of amides is 1. The molecule has 5 nitrogen and oxygen atoms in total. The highest BCUT2D eigenvalue weighted by molar-refractivity contribution is 7.09. The lowest BCUT2D eigenvalue weighted by molar-refractivity contribution is -0.138. The lowest BCUT2D eigenvalue weighted by Gasteiger charge is -2.12. The Kier molecular flexibility index (Phi) is 4.99. The molecule has 0 saturated carbocycles. The van der Waals surface area contributed by atoms with Crippen LogP contribution in [0.15, 0.2) is 29.6 Å². The Morgan fingerprint density at radius 2 is 1.96 bits per heavy atom. The Morgan fingerprint density at radius 3 is 2.57 bits per heavy atom. The molecular formula is C14H11F3N2O3S. The number of hydrogen-bond donors (Lipinski definition) is 2. The first kappa shape index (κ1) is 16.9. The fourth-order valence-corrected chi connectivity index (χ4v) is 2.56. The molecule has 0 fully saturated rings. The van der Waals surface area contributed by atoms with Gasteiger partial charge in [-0.05, 0) is 11.6 Å². The van der Waals surface area contributed by atoms with Gasteiger partial charge >= 0.3 is 12.1 Å². The molecule has 0 saturated heterocycles. The largest absolute Gasteiger partial charge is 0.476 e. The molecule has 0 aliphatic carbocycles. The summed E-state index contributed by atoms with van der Waals surface area (Å²) in [6.45, 7) is -0.0367. The third-order valence-electron chi connectivity index (χ3n) is 2.88. The summed E-state index contributed by atoms with van der Waals surface area (Å²) >= 11 is 1.05.